The Morgan fingerprint density at radius 1 is 0.864 bits per heavy atom. The highest BCUT2D eigenvalue weighted by atomic mass is 35.5. The lowest BCUT2D eigenvalue weighted by atomic mass is 10.1. The molecule has 0 saturated heterocycles. The molecule has 116 valence electrons. The summed E-state index contributed by atoms with van der Waals surface area (Å²) in [7, 11) is 3.24. The SMILES string of the molecule is COc1ccc(CN(Cc2ccc(OC)cc2)C(=O)Cl)cc1. The molecule has 2 aromatic carbocycles. The second-order valence-corrected chi connectivity index (χ2v) is 5.13. The first-order valence-electron chi connectivity index (χ1n) is 6.82. The zero-order valence-electron chi connectivity index (χ0n) is 12.6. The van der Waals surface area contributed by atoms with Gasteiger partial charge in [-0.3, -0.25) is 4.79 Å². The number of nitrogens with zero attached hydrogens (tertiary/aromatic N) is 1. The summed E-state index contributed by atoms with van der Waals surface area (Å²) in [6, 6.07) is 15.1. The van der Waals surface area contributed by atoms with E-state index in [0.717, 1.165) is 22.6 Å². The lowest BCUT2D eigenvalue weighted by molar-refractivity contribution is 0.216. The molecule has 0 fully saturated rings. The Morgan fingerprint density at radius 3 is 1.50 bits per heavy atom. The van der Waals surface area contributed by atoms with Gasteiger partial charge in [-0.1, -0.05) is 24.3 Å². The summed E-state index contributed by atoms with van der Waals surface area (Å²) < 4.78 is 10.2. The summed E-state index contributed by atoms with van der Waals surface area (Å²) >= 11 is 5.70. The van der Waals surface area contributed by atoms with Gasteiger partial charge in [0.05, 0.1) is 14.2 Å². The second-order valence-electron chi connectivity index (χ2n) is 4.81. The molecule has 22 heavy (non-hydrogen) atoms. The molecule has 0 bridgehead atoms. The first-order valence-corrected chi connectivity index (χ1v) is 7.20. The highest BCUT2D eigenvalue weighted by Gasteiger charge is 2.12. The molecule has 0 heterocycles. The van der Waals surface area contributed by atoms with Crippen molar-refractivity contribution in [1.29, 1.82) is 0 Å². The number of rotatable bonds is 6. The predicted octanol–water partition coefficient (Wildman–Crippen LogP) is 4.06. The zero-order chi connectivity index (χ0) is 15.9. The van der Waals surface area contributed by atoms with Crippen molar-refractivity contribution >= 4 is 17.0 Å². The van der Waals surface area contributed by atoms with Gasteiger partial charge in [0.2, 0.25) is 0 Å². The Kier molecular flexibility index (Phi) is 5.67. The summed E-state index contributed by atoms with van der Waals surface area (Å²) in [5.74, 6) is 1.56. The highest BCUT2D eigenvalue weighted by Crippen LogP contribution is 2.17. The smallest absolute Gasteiger partial charge is 0.316 e. The Morgan fingerprint density at radius 2 is 1.23 bits per heavy atom. The third kappa shape index (κ3) is 4.40. The van der Waals surface area contributed by atoms with Crippen LogP contribution in [0.25, 0.3) is 0 Å². The Bertz CT molecular complexity index is 561. The minimum absolute atomic E-state index is 0.443. The van der Waals surface area contributed by atoms with Crippen LogP contribution >= 0.6 is 11.6 Å². The fourth-order valence-electron chi connectivity index (χ4n) is 2.08. The van der Waals surface area contributed by atoms with Crippen LogP contribution in [0.1, 0.15) is 11.1 Å². The molecule has 0 unspecified atom stereocenters. The Balaban J connectivity index is 2.06. The summed E-state index contributed by atoms with van der Waals surface area (Å²) in [5, 5.41) is -0.480. The maximum Gasteiger partial charge on any atom is 0.316 e. The van der Waals surface area contributed by atoms with Crippen molar-refractivity contribution in [3.8, 4) is 11.5 Å². The van der Waals surface area contributed by atoms with Crippen LogP contribution in [0.3, 0.4) is 0 Å². The van der Waals surface area contributed by atoms with E-state index >= 15 is 0 Å². The molecule has 4 nitrogen and oxygen atoms in total. The number of methoxy groups -OCH3 is 2. The molecular formula is C17H18ClNO3. The van der Waals surface area contributed by atoms with Gasteiger partial charge < -0.3 is 14.4 Å². The molecule has 0 aromatic heterocycles. The monoisotopic (exact) mass is 319 g/mol. The number of halogens is 1. The van der Waals surface area contributed by atoms with Gasteiger partial charge in [-0.25, -0.2) is 0 Å². The van der Waals surface area contributed by atoms with Crippen LogP contribution in [0.4, 0.5) is 4.79 Å². The number of carbonyl (C=O) groups is 1. The van der Waals surface area contributed by atoms with Crippen molar-refractivity contribution in [2.24, 2.45) is 0 Å². The van der Waals surface area contributed by atoms with Crippen LogP contribution in [0.15, 0.2) is 48.5 Å². The molecule has 2 aromatic rings. The van der Waals surface area contributed by atoms with Gasteiger partial charge in [-0.2, -0.15) is 0 Å². The molecule has 0 aliphatic heterocycles. The van der Waals surface area contributed by atoms with Gasteiger partial charge in [0, 0.05) is 13.1 Å². The van der Waals surface area contributed by atoms with Crippen LogP contribution in [-0.2, 0) is 13.1 Å². The molecule has 0 spiro atoms. The number of carbonyl (C=O) groups excluding carboxylic acids is 1. The number of hydrogen-bond acceptors (Lipinski definition) is 3. The minimum Gasteiger partial charge on any atom is -0.497 e. The summed E-state index contributed by atoms with van der Waals surface area (Å²) in [4.78, 5) is 13.2. The number of ether oxygens (including phenoxy) is 2. The van der Waals surface area contributed by atoms with E-state index in [4.69, 9.17) is 21.1 Å². The molecule has 0 radical (unpaired) electrons. The maximum absolute atomic E-state index is 11.6. The fourth-order valence-corrected chi connectivity index (χ4v) is 2.20. The third-order valence-corrected chi connectivity index (χ3v) is 3.55. The molecule has 0 N–H and O–H groups in total. The molecule has 5 heteroatoms. The van der Waals surface area contributed by atoms with Crippen molar-refractivity contribution in [2.75, 3.05) is 14.2 Å². The Labute approximate surface area is 135 Å². The second kappa shape index (κ2) is 7.71. The van der Waals surface area contributed by atoms with Gasteiger partial charge in [0.25, 0.3) is 0 Å². The van der Waals surface area contributed by atoms with Gasteiger partial charge in [0.15, 0.2) is 0 Å². The lowest BCUT2D eigenvalue weighted by Gasteiger charge is -2.20. The maximum atomic E-state index is 11.6. The predicted molar refractivity (Wildman–Crippen MR) is 86.5 cm³/mol. The molecule has 1 amide bonds. The average molecular weight is 320 g/mol. The minimum atomic E-state index is -0.480. The van der Waals surface area contributed by atoms with Crippen LogP contribution in [0.5, 0.6) is 11.5 Å². The standard InChI is InChI=1S/C17H18ClNO3/c1-21-15-7-3-13(4-8-15)11-19(17(18)20)12-14-5-9-16(22-2)10-6-14/h3-10H,11-12H2,1-2H3. The number of amides is 1. The van der Waals surface area contributed by atoms with E-state index in [-0.39, 0.29) is 0 Å². The topological polar surface area (TPSA) is 38.8 Å². The first-order chi connectivity index (χ1) is 10.6. The Hall–Kier alpha value is -2.20. The molecular weight excluding hydrogens is 302 g/mol. The van der Waals surface area contributed by atoms with Crippen molar-refractivity contribution < 1.29 is 14.3 Å². The van der Waals surface area contributed by atoms with E-state index in [0.29, 0.717) is 13.1 Å². The largest absolute Gasteiger partial charge is 0.497 e. The number of benzene rings is 2. The highest BCUT2D eigenvalue weighted by molar-refractivity contribution is 6.62. The van der Waals surface area contributed by atoms with Crippen molar-refractivity contribution in [1.82, 2.24) is 4.90 Å². The quantitative estimate of drug-likeness (QED) is 0.595. The van der Waals surface area contributed by atoms with E-state index in [1.807, 2.05) is 48.5 Å². The van der Waals surface area contributed by atoms with E-state index in [2.05, 4.69) is 0 Å². The normalized spacial score (nSPS) is 10.1. The number of hydrogen-bond donors (Lipinski definition) is 0. The van der Waals surface area contributed by atoms with Gasteiger partial charge >= 0.3 is 5.37 Å². The third-order valence-electron chi connectivity index (χ3n) is 3.31. The van der Waals surface area contributed by atoms with Crippen LogP contribution in [-0.4, -0.2) is 24.5 Å². The molecule has 0 atom stereocenters. The first kappa shape index (κ1) is 16.2. The van der Waals surface area contributed by atoms with E-state index in [9.17, 15) is 4.79 Å². The fraction of sp³-hybridized carbons (Fsp3) is 0.235. The average Bonchev–Trinajstić information content (AvgIpc) is 2.55. The summed E-state index contributed by atoms with van der Waals surface area (Å²) in [5.41, 5.74) is 1.98. The van der Waals surface area contributed by atoms with Gasteiger partial charge in [0.1, 0.15) is 11.5 Å². The van der Waals surface area contributed by atoms with Crippen LogP contribution in [0, 0.1) is 0 Å². The van der Waals surface area contributed by atoms with Crippen molar-refractivity contribution in [3.63, 3.8) is 0 Å². The molecule has 2 rings (SSSR count). The van der Waals surface area contributed by atoms with Crippen molar-refractivity contribution in [3.05, 3.63) is 59.7 Å². The van der Waals surface area contributed by atoms with Crippen LogP contribution < -0.4 is 9.47 Å². The van der Waals surface area contributed by atoms with E-state index in [1.54, 1.807) is 19.1 Å². The van der Waals surface area contributed by atoms with Gasteiger partial charge in [-0.05, 0) is 47.0 Å². The molecule has 0 saturated carbocycles. The van der Waals surface area contributed by atoms with E-state index < -0.39 is 5.37 Å². The summed E-state index contributed by atoms with van der Waals surface area (Å²) in [6.45, 7) is 0.886. The van der Waals surface area contributed by atoms with Crippen molar-refractivity contribution in [2.45, 2.75) is 13.1 Å². The zero-order valence-corrected chi connectivity index (χ0v) is 13.3. The van der Waals surface area contributed by atoms with Gasteiger partial charge in [-0.15, -0.1) is 0 Å². The molecule has 0 aliphatic carbocycles. The van der Waals surface area contributed by atoms with E-state index in [1.165, 1.54) is 0 Å². The summed E-state index contributed by atoms with van der Waals surface area (Å²) in [6.07, 6.45) is 0. The lowest BCUT2D eigenvalue weighted by Crippen LogP contribution is -2.25. The molecule has 0 aliphatic rings. The van der Waals surface area contributed by atoms with Crippen LogP contribution in [0.2, 0.25) is 0 Å².